The molecule has 0 unspecified atom stereocenters. The second kappa shape index (κ2) is 40.2. The SMILES string of the molecule is C.CC(C)C.[CH2-]CN(CC(C)C)C([CH2-])=O.[CH2-]CN(CC=O)C([CH2-])=O.[CH2-]CNC([CH2-])=O.[Y].[Y].[Y]. The maximum Gasteiger partial charge on any atom is 0.139 e. The average molecular weight is 694 g/mol. The first-order chi connectivity index (χ1) is 13.3. The summed E-state index contributed by atoms with van der Waals surface area (Å²) in [5.41, 5.74) is 0. The maximum atomic E-state index is 10.7. The van der Waals surface area contributed by atoms with E-state index >= 15 is 0 Å². The smallest absolute Gasteiger partial charge is 0.139 e. The van der Waals surface area contributed by atoms with Crippen LogP contribution in [0, 0.1) is 53.4 Å². The third kappa shape index (κ3) is 59.9. The molecule has 0 rings (SSSR count). The number of amides is 3. The maximum absolute atomic E-state index is 10.7. The van der Waals surface area contributed by atoms with Gasteiger partial charge in [0.25, 0.3) is 0 Å². The molecular formula is C23H45N3O4Y3-6. The first-order valence-electron chi connectivity index (χ1n) is 9.43. The third-order valence-electron chi connectivity index (χ3n) is 2.45. The predicted molar refractivity (Wildman–Crippen MR) is 126 cm³/mol. The van der Waals surface area contributed by atoms with Gasteiger partial charge in [-0.2, -0.15) is 0 Å². The molecule has 0 aliphatic rings. The molecule has 3 radical (unpaired) electrons. The van der Waals surface area contributed by atoms with Crippen molar-refractivity contribution in [2.45, 2.75) is 42.0 Å². The summed E-state index contributed by atoms with van der Waals surface area (Å²) in [7, 11) is 0. The molecule has 0 fully saturated rings. The van der Waals surface area contributed by atoms with E-state index in [-0.39, 0.29) is 130 Å². The number of hydrogen-bond donors (Lipinski definition) is 1. The Hall–Kier alpha value is 1.00. The van der Waals surface area contributed by atoms with Crippen molar-refractivity contribution in [2.24, 2.45) is 11.8 Å². The molecule has 0 bridgehead atoms. The van der Waals surface area contributed by atoms with Crippen LogP contribution >= 0.6 is 0 Å². The predicted octanol–water partition coefficient (Wildman–Crippen LogP) is 2.88. The minimum atomic E-state index is -0.364. The Bertz CT molecular complexity index is 436. The number of hydrogen-bond acceptors (Lipinski definition) is 4. The molecule has 0 aliphatic heterocycles. The molecule has 0 spiro atoms. The molecule has 0 saturated heterocycles. The normalized spacial score (nSPS) is 7.82. The first kappa shape index (κ1) is 54.8. The second-order valence-electron chi connectivity index (χ2n) is 6.82. The van der Waals surface area contributed by atoms with Gasteiger partial charge in [0.1, 0.15) is 6.29 Å². The summed E-state index contributed by atoms with van der Waals surface area (Å²) in [4.78, 5) is 43.5. The van der Waals surface area contributed by atoms with Crippen molar-refractivity contribution in [1.29, 1.82) is 0 Å². The zero-order valence-electron chi connectivity index (χ0n) is 20.8. The Morgan fingerprint density at radius 1 is 0.818 bits per heavy atom. The van der Waals surface area contributed by atoms with Crippen LogP contribution in [0.25, 0.3) is 0 Å². The number of nitrogens with zero attached hydrogens (tertiary/aromatic N) is 2. The van der Waals surface area contributed by atoms with E-state index in [0.29, 0.717) is 31.8 Å². The molecule has 191 valence electrons. The summed E-state index contributed by atoms with van der Waals surface area (Å²) >= 11 is 0. The molecule has 0 aromatic carbocycles. The quantitative estimate of drug-likeness (QED) is 0.329. The van der Waals surface area contributed by atoms with Crippen molar-refractivity contribution >= 4 is 24.0 Å². The van der Waals surface area contributed by atoms with E-state index in [9.17, 15) is 19.2 Å². The van der Waals surface area contributed by atoms with Crippen LogP contribution in [-0.4, -0.2) is 66.5 Å². The number of carbonyl (C=O) groups is 4. The number of carbonyl (C=O) groups excluding carboxylic acids is 4. The standard InChI is InChI=1S/C8H15NO.C6H9NO2.C4H7NO.C4H10.CH4.3Y/c1-5-9(8(4)10)6-7(2)3;1-3-7(4-5-8)6(2)9;1-3-5-4(2)6;1-4(2)3;;;;/h7H,1,4-6H2,2-3H3;5H,1-4H2;1-3H2,(H,5,6);4H,1-3H3;1H4;;;/q3*-2;;;;;. The van der Waals surface area contributed by atoms with Crippen LogP contribution < -0.4 is 5.32 Å². The van der Waals surface area contributed by atoms with Crippen LogP contribution in [0.15, 0.2) is 0 Å². The minimum absolute atomic E-state index is 0. The molecule has 0 aliphatic carbocycles. The van der Waals surface area contributed by atoms with Gasteiger partial charge in [-0.05, 0) is 11.8 Å². The second-order valence-corrected chi connectivity index (χ2v) is 6.82. The van der Waals surface area contributed by atoms with Crippen LogP contribution in [0.1, 0.15) is 42.0 Å². The molecule has 10 heteroatoms. The van der Waals surface area contributed by atoms with Crippen molar-refractivity contribution in [3.05, 3.63) is 41.5 Å². The summed E-state index contributed by atoms with van der Waals surface area (Å²) < 4.78 is 0. The Labute approximate surface area is 281 Å². The zero-order valence-corrected chi connectivity index (χ0v) is 29.3. The zero-order chi connectivity index (χ0) is 24.0. The van der Waals surface area contributed by atoms with Gasteiger partial charge >= 0.3 is 0 Å². The fourth-order valence-electron chi connectivity index (χ4n) is 1.31. The van der Waals surface area contributed by atoms with Crippen molar-refractivity contribution < 1.29 is 117 Å². The molecule has 0 aromatic rings. The molecule has 0 atom stereocenters. The van der Waals surface area contributed by atoms with Gasteiger partial charge in [0.15, 0.2) is 0 Å². The Morgan fingerprint density at radius 2 is 1.15 bits per heavy atom. The number of nitrogens with one attached hydrogen (secondary N) is 1. The van der Waals surface area contributed by atoms with Crippen LogP contribution in [0.3, 0.4) is 0 Å². The van der Waals surface area contributed by atoms with E-state index in [0.717, 1.165) is 12.5 Å². The van der Waals surface area contributed by atoms with E-state index in [2.05, 4.69) is 81.5 Å². The summed E-state index contributed by atoms with van der Waals surface area (Å²) in [5.74, 6) is 0.554. The molecule has 0 aromatic heterocycles. The topological polar surface area (TPSA) is 86.8 Å². The van der Waals surface area contributed by atoms with E-state index in [4.69, 9.17) is 0 Å². The molecule has 0 saturated carbocycles. The van der Waals surface area contributed by atoms with Gasteiger partial charge < -0.3 is 75.8 Å². The van der Waals surface area contributed by atoms with E-state index in [1.165, 1.54) is 4.90 Å². The summed E-state index contributed by atoms with van der Waals surface area (Å²) in [6, 6.07) is 0. The van der Waals surface area contributed by atoms with Crippen molar-refractivity contribution in [2.75, 3.05) is 32.7 Å². The van der Waals surface area contributed by atoms with Gasteiger partial charge in [-0.25, -0.2) is 0 Å². The number of rotatable bonds is 7. The van der Waals surface area contributed by atoms with Gasteiger partial charge in [0, 0.05) is 105 Å². The minimum Gasteiger partial charge on any atom is -0.411 e. The molecule has 3 amide bonds. The van der Waals surface area contributed by atoms with Gasteiger partial charge in [-0.15, -0.1) is 19.6 Å². The van der Waals surface area contributed by atoms with Crippen molar-refractivity contribution in [1.82, 2.24) is 15.1 Å². The van der Waals surface area contributed by atoms with Crippen LogP contribution in [-0.2, 0) is 117 Å². The monoisotopic (exact) mass is 694 g/mol. The first-order valence-corrected chi connectivity index (χ1v) is 9.43. The van der Waals surface area contributed by atoms with Crippen LogP contribution in [0.2, 0.25) is 0 Å². The Kier molecular flexibility index (Phi) is 66.7. The van der Waals surface area contributed by atoms with E-state index < -0.39 is 0 Å². The molecule has 33 heavy (non-hydrogen) atoms. The van der Waals surface area contributed by atoms with Gasteiger partial charge in [-0.1, -0.05) is 42.0 Å². The summed E-state index contributed by atoms with van der Waals surface area (Å²) in [6.45, 7) is 32.6. The third-order valence-corrected chi connectivity index (χ3v) is 2.45. The average Bonchev–Trinajstić information content (AvgIpc) is 2.57. The Morgan fingerprint density at radius 3 is 1.21 bits per heavy atom. The van der Waals surface area contributed by atoms with Gasteiger partial charge in [0.05, 0.1) is 24.3 Å². The van der Waals surface area contributed by atoms with Gasteiger partial charge in [-0.3, -0.25) is 0 Å². The van der Waals surface area contributed by atoms with E-state index in [1.54, 1.807) is 4.90 Å². The van der Waals surface area contributed by atoms with E-state index in [1.807, 2.05) is 0 Å². The summed E-state index contributed by atoms with van der Waals surface area (Å²) in [6.07, 6.45) is 0.647. The molecule has 1 N–H and O–H groups in total. The molecule has 0 heterocycles. The summed E-state index contributed by atoms with van der Waals surface area (Å²) in [5, 5.41) is 2.35. The van der Waals surface area contributed by atoms with Crippen molar-refractivity contribution in [3.8, 4) is 0 Å². The number of aldehydes is 1. The van der Waals surface area contributed by atoms with Gasteiger partial charge in [0.2, 0.25) is 0 Å². The van der Waals surface area contributed by atoms with Crippen LogP contribution in [0.5, 0.6) is 0 Å². The Balaban J connectivity index is -0.0000000422. The van der Waals surface area contributed by atoms with Crippen LogP contribution in [0.4, 0.5) is 0 Å². The largest absolute Gasteiger partial charge is 0.411 e. The molecule has 7 nitrogen and oxygen atoms in total. The molecular weight excluding hydrogens is 649 g/mol. The fourth-order valence-corrected chi connectivity index (χ4v) is 1.31. The fraction of sp³-hybridized carbons (Fsp3) is 0.565. The van der Waals surface area contributed by atoms with Crippen molar-refractivity contribution in [3.63, 3.8) is 0 Å².